The number of thioether (sulfide) groups is 1. The minimum atomic E-state index is -3.07. The van der Waals surface area contributed by atoms with Crippen LogP contribution in [0.5, 0.6) is 0 Å². The van der Waals surface area contributed by atoms with Crippen molar-refractivity contribution in [3.05, 3.63) is 60.2 Å². The third-order valence-corrected chi connectivity index (χ3v) is 10.4. The smallest absolute Gasteiger partial charge is 0.248 e. The second-order valence-corrected chi connectivity index (χ2v) is 13.2. The van der Waals surface area contributed by atoms with Crippen molar-refractivity contribution in [1.82, 2.24) is 0 Å². The van der Waals surface area contributed by atoms with E-state index in [0.717, 1.165) is 37.5 Å². The zero-order chi connectivity index (χ0) is 24.4. The number of anilines is 2. The van der Waals surface area contributed by atoms with E-state index in [9.17, 15) is 13.2 Å². The molecule has 1 amide bonds. The van der Waals surface area contributed by atoms with Crippen LogP contribution in [0.15, 0.2) is 59.6 Å². The Hall–Kier alpha value is -2.32. The van der Waals surface area contributed by atoms with Crippen LogP contribution in [0, 0.1) is 5.92 Å². The summed E-state index contributed by atoms with van der Waals surface area (Å²) >= 11 is 1.44. The molecule has 2 aromatic carbocycles. The fourth-order valence-electron chi connectivity index (χ4n) is 5.41. The fraction of sp³-hybridized carbons (Fsp3) is 0.481. The van der Waals surface area contributed by atoms with Crippen LogP contribution in [0.25, 0.3) is 0 Å². The number of fused-ring (bicyclic) bond motifs is 1. The Morgan fingerprint density at radius 2 is 1.69 bits per heavy atom. The Bertz CT molecular complexity index is 1170. The maximum absolute atomic E-state index is 12.3. The molecule has 2 unspecified atom stereocenters. The van der Waals surface area contributed by atoms with Crippen molar-refractivity contribution in [2.24, 2.45) is 10.9 Å². The summed E-state index contributed by atoms with van der Waals surface area (Å²) in [6.45, 7) is 4.04. The minimum absolute atomic E-state index is 0.0727. The van der Waals surface area contributed by atoms with Crippen LogP contribution in [0.3, 0.4) is 0 Å². The van der Waals surface area contributed by atoms with E-state index in [1.165, 1.54) is 35.9 Å². The van der Waals surface area contributed by atoms with E-state index in [1.807, 2.05) is 11.8 Å². The zero-order valence-electron chi connectivity index (χ0n) is 20.2. The van der Waals surface area contributed by atoms with Crippen LogP contribution in [0.2, 0.25) is 0 Å². The second kappa shape index (κ2) is 10.3. The van der Waals surface area contributed by atoms with Crippen LogP contribution < -0.4 is 9.80 Å². The van der Waals surface area contributed by atoms with Crippen molar-refractivity contribution >= 4 is 44.0 Å². The maximum atomic E-state index is 12.3. The Balaban J connectivity index is 1.28. The SMILES string of the molecule is CCCC(=O)N=C1SC2CS(=O)(=O)CC2N1c1ccc(N2CCC(Cc3ccccc3)CC2)cc1. The molecule has 3 fully saturated rings. The molecule has 5 rings (SSSR count). The number of aliphatic imine (C=N–C) groups is 1. The first kappa shape index (κ1) is 24.4. The summed E-state index contributed by atoms with van der Waals surface area (Å²) in [4.78, 5) is 21.1. The van der Waals surface area contributed by atoms with Gasteiger partial charge in [0.05, 0.1) is 17.5 Å². The largest absolute Gasteiger partial charge is 0.372 e. The van der Waals surface area contributed by atoms with Crippen LogP contribution in [-0.2, 0) is 21.1 Å². The van der Waals surface area contributed by atoms with Crippen LogP contribution in [0.4, 0.5) is 11.4 Å². The molecule has 3 aliphatic heterocycles. The Morgan fingerprint density at radius 3 is 2.37 bits per heavy atom. The first-order chi connectivity index (χ1) is 16.9. The summed E-state index contributed by atoms with van der Waals surface area (Å²) in [5.74, 6) is 0.839. The quantitative estimate of drug-likeness (QED) is 0.567. The first-order valence-corrected chi connectivity index (χ1v) is 15.3. The van der Waals surface area contributed by atoms with E-state index < -0.39 is 9.84 Å². The predicted octanol–water partition coefficient (Wildman–Crippen LogP) is 4.55. The highest BCUT2D eigenvalue weighted by Crippen LogP contribution is 2.41. The lowest BCUT2D eigenvalue weighted by Crippen LogP contribution is -2.38. The van der Waals surface area contributed by atoms with Gasteiger partial charge in [0.2, 0.25) is 5.91 Å². The molecule has 2 atom stereocenters. The number of rotatable bonds is 6. The molecule has 0 saturated carbocycles. The van der Waals surface area contributed by atoms with Gasteiger partial charge in [-0.1, -0.05) is 49.0 Å². The normalized spacial score (nSPS) is 25.2. The van der Waals surface area contributed by atoms with Gasteiger partial charge in [-0.05, 0) is 61.4 Å². The van der Waals surface area contributed by atoms with Crippen molar-refractivity contribution in [2.45, 2.75) is 50.3 Å². The number of sulfone groups is 1. The van der Waals surface area contributed by atoms with Crippen molar-refractivity contribution in [3.63, 3.8) is 0 Å². The van der Waals surface area contributed by atoms with Gasteiger partial charge in [0.25, 0.3) is 0 Å². The van der Waals surface area contributed by atoms with Crippen LogP contribution in [0.1, 0.15) is 38.2 Å². The van der Waals surface area contributed by atoms with Crippen molar-refractivity contribution < 1.29 is 13.2 Å². The summed E-state index contributed by atoms with van der Waals surface area (Å²) in [5.41, 5.74) is 3.52. The maximum Gasteiger partial charge on any atom is 0.248 e. The summed E-state index contributed by atoms with van der Waals surface area (Å²) in [5, 5.41) is 0.569. The van der Waals surface area contributed by atoms with Gasteiger partial charge in [0, 0.05) is 36.1 Å². The summed E-state index contributed by atoms with van der Waals surface area (Å²) < 4.78 is 24.6. The number of amidine groups is 1. The number of hydrogen-bond donors (Lipinski definition) is 0. The first-order valence-electron chi connectivity index (χ1n) is 12.6. The topological polar surface area (TPSA) is 70.0 Å². The highest BCUT2D eigenvalue weighted by Gasteiger charge is 2.49. The van der Waals surface area contributed by atoms with Gasteiger partial charge < -0.3 is 9.80 Å². The molecule has 6 nitrogen and oxygen atoms in total. The number of benzene rings is 2. The molecule has 0 aromatic heterocycles. The molecular formula is C27H33N3O3S2. The van der Waals surface area contributed by atoms with E-state index in [-0.39, 0.29) is 28.7 Å². The van der Waals surface area contributed by atoms with Gasteiger partial charge in [0.15, 0.2) is 15.0 Å². The monoisotopic (exact) mass is 511 g/mol. The Kier molecular flexibility index (Phi) is 7.21. The van der Waals surface area contributed by atoms with Crippen molar-refractivity contribution in [3.8, 4) is 0 Å². The van der Waals surface area contributed by atoms with Gasteiger partial charge in [-0.15, -0.1) is 0 Å². The third-order valence-electron chi connectivity index (χ3n) is 7.23. The number of nitrogens with zero attached hydrogens (tertiary/aromatic N) is 3. The molecule has 186 valence electrons. The molecule has 0 bridgehead atoms. The lowest BCUT2D eigenvalue weighted by molar-refractivity contribution is -0.117. The molecule has 2 aromatic rings. The summed E-state index contributed by atoms with van der Waals surface area (Å²) in [6, 6.07) is 18.9. The molecule has 0 spiro atoms. The van der Waals surface area contributed by atoms with Crippen LogP contribution >= 0.6 is 11.8 Å². The molecule has 3 aliphatic rings. The van der Waals surface area contributed by atoms with Gasteiger partial charge >= 0.3 is 0 Å². The third kappa shape index (κ3) is 5.59. The summed E-state index contributed by atoms with van der Waals surface area (Å²) in [7, 11) is -3.07. The highest BCUT2D eigenvalue weighted by molar-refractivity contribution is 8.16. The molecule has 0 aliphatic carbocycles. The lowest BCUT2D eigenvalue weighted by Gasteiger charge is -2.34. The minimum Gasteiger partial charge on any atom is -0.372 e. The standard InChI is InChI=1S/C27H33N3O3S2/c1-2-6-26(31)28-27-30(24-18-35(32,33)19-25(24)34-27)23-11-9-22(10-12-23)29-15-13-21(14-16-29)17-20-7-4-3-5-8-20/h3-5,7-12,21,24-25H,2,6,13-19H2,1H3. The van der Waals surface area contributed by atoms with E-state index in [1.54, 1.807) is 0 Å². The van der Waals surface area contributed by atoms with Crippen LogP contribution in [-0.4, -0.2) is 55.4 Å². The number of carbonyl (C=O) groups excluding carboxylic acids is 1. The summed E-state index contributed by atoms with van der Waals surface area (Å²) in [6.07, 6.45) is 4.66. The van der Waals surface area contributed by atoms with Gasteiger partial charge in [-0.25, -0.2) is 8.42 Å². The van der Waals surface area contributed by atoms with Gasteiger partial charge in [-0.3, -0.25) is 4.79 Å². The molecule has 0 radical (unpaired) electrons. The molecule has 0 N–H and O–H groups in total. The number of amides is 1. The van der Waals surface area contributed by atoms with E-state index in [0.29, 0.717) is 11.6 Å². The number of hydrogen-bond acceptors (Lipinski definition) is 5. The number of carbonyl (C=O) groups is 1. The zero-order valence-corrected chi connectivity index (χ0v) is 21.8. The molecule has 3 heterocycles. The lowest BCUT2D eigenvalue weighted by atomic mass is 9.90. The highest BCUT2D eigenvalue weighted by atomic mass is 32.2. The van der Waals surface area contributed by atoms with Crippen molar-refractivity contribution in [2.75, 3.05) is 34.4 Å². The van der Waals surface area contributed by atoms with Gasteiger partial charge in [-0.2, -0.15) is 4.99 Å². The van der Waals surface area contributed by atoms with E-state index >= 15 is 0 Å². The second-order valence-electron chi connectivity index (χ2n) is 9.85. The molecule has 3 saturated heterocycles. The van der Waals surface area contributed by atoms with E-state index in [4.69, 9.17) is 0 Å². The molecule has 8 heteroatoms. The molecule has 35 heavy (non-hydrogen) atoms. The van der Waals surface area contributed by atoms with Gasteiger partial charge in [0.1, 0.15) is 0 Å². The van der Waals surface area contributed by atoms with Crippen molar-refractivity contribution in [1.29, 1.82) is 0 Å². The average Bonchev–Trinajstić information content (AvgIpc) is 3.31. The van der Waals surface area contributed by atoms with E-state index in [2.05, 4.69) is 64.5 Å². The fourth-order valence-corrected chi connectivity index (χ4v) is 9.34. The molecular weight excluding hydrogens is 478 g/mol. The predicted molar refractivity (Wildman–Crippen MR) is 145 cm³/mol. The Morgan fingerprint density at radius 1 is 1.00 bits per heavy atom. The Labute approximate surface area is 212 Å². The number of piperidine rings is 1. The average molecular weight is 512 g/mol.